The van der Waals surface area contributed by atoms with Crippen LogP contribution in [0.5, 0.6) is 0 Å². The van der Waals surface area contributed by atoms with Crippen molar-refractivity contribution in [1.82, 2.24) is 0 Å². The number of carbonyl (C=O) groups is 1. The van der Waals surface area contributed by atoms with E-state index >= 15 is 0 Å². The lowest BCUT2D eigenvalue weighted by Crippen LogP contribution is -2.63. The van der Waals surface area contributed by atoms with Crippen molar-refractivity contribution in [3.8, 4) is 0 Å². The Labute approximate surface area is 149 Å². The van der Waals surface area contributed by atoms with E-state index in [9.17, 15) is 20.2 Å². The standard InChI is InChI=1S/C20H31NO4/c1-17-7-4-13-19(3)12(18(2,16(23)24)8-6-15(19)22)5-9-20(13,11-17)10-14(17)21-25/h12-13,15,22,25H,4-11H2,1-3H3,(H,23,24)/b21-14+/t12?,13?,15-,17-,18+,19+,20-/m0/s1. The second kappa shape index (κ2) is 4.99. The topological polar surface area (TPSA) is 90.1 Å². The summed E-state index contributed by atoms with van der Waals surface area (Å²) in [5.41, 5.74) is -0.149. The number of hydrogen-bond acceptors (Lipinski definition) is 4. The second-order valence-corrected chi connectivity index (χ2v) is 10.1. The normalized spacial score (nSPS) is 56.3. The lowest BCUT2D eigenvalue weighted by Gasteiger charge is -2.65. The van der Waals surface area contributed by atoms with Gasteiger partial charge in [0.15, 0.2) is 0 Å². The molecule has 4 aliphatic carbocycles. The molecule has 25 heavy (non-hydrogen) atoms. The van der Waals surface area contributed by atoms with Crippen molar-refractivity contribution in [2.45, 2.75) is 78.2 Å². The van der Waals surface area contributed by atoms with Crippen LogP contribution in [0.3, 0.4) is 0 Å². The van der Waals surface area contributed by atoms with Crippen LogP contribution < -0.4 is 0 Å². The number of aliphatic hydroxyl groups is 1. The molecule has 4 fully saturated rings. The molecule has 0 radical (unpaired) electrons. The van der Waals surface area contributed by atoms with Gasteiger partial charge >= 0.3 is 5.97 Å². The molecule has 0 heterocycles. The second-order valence-electron chi connectivity index (χ2n) is 10.1. The summed E-state index contributed by atoms with van der Waals surface area (Å²) in [4.78, 5) is 12.1. The molecule has 4 rings (SSSR count). The Bertz CT molecular complexity index is 648. The molecule has 3 N–H and O–H groups in total. The Morgan fingerprint density at radius 3 is 2.40 bits per heavy atom. The summed E-state index contributed by atoms with van der Waals surface area (Å²) in [5, 5.41) is 34.2. The molecule has 2 bridgehead atoms. The molecule has 0 saturated heterocycles. The summed E-state index contributed by atoms with van der Waals surface area (Å²) >= 11 is 0. The Morgan fingerprint density at radius 2 is 1.76 bits per heavy atom. The van der Waals surface area contributed by atoms with Crippen LogP contribution in [0, 0.1) is 33.5 Å². The smallest absolute Gasteiger partial charge is 0.309 e. The first-order valence-electron chi connectivity index (χ1n) is 9.75. The van der Waals surface area contributed by atoms with Crippen molar-refractivity contribution in [2.75, 3.05) is 0 Å². The van der Waals surface area contributed by atoms with Crippen LogP contribution in [0.1, 0.15) is 72.1 Å². The molecule has 4 aliphatic rings. The van der Waals surface area contributed by atoms with E-state index in [-0.39, 0.29) is 22.2 Å². The van der Waals surface area contributed by atoms with Gasteiger partial charge in [0.1, 0.15) is 0 Å². The summed E-state index contributed by atoms with van der Waals surface area (Å²) in [6.07, 6.45) is 6.32. The molecular weight excluding hydrogens is 318 g/mol. The lowest BCUT2D eigenvalue weighted by atomic mass is 9.39. The quantitative estimate of drug-likeness (QED) is 0.497. The van der Waals surface area contributed by atoms with Crippen LogP contribution >= 0.6 is 0 Å². The fourth-order valence-corrected chi connectivity index (χ4v) is 7.85. The monoisotopic (exact) mass is 349 g/mol. The summed E-state index contributed by atoms with van der Waals surface area (Å²) in [6, 6.07) is 0. The maximum Gasteiger partial charge on any atom is 0.309 e. The minimum Gasteiger partial charge on any atom is -0.481 e. The van der Waals surface area contributed by atoms with Crippen LogP contribution in [0.25, 0.3) is 0 Å². The minimum absolute atomic E-state index is 0.0105. The molecule has 5 nitrogen and oxygen atoms in total. The Balaban J connectivity index is 1.79. The minimum atomic E-state index is -0.747. The molecule has 0 aromatic carbocycles. The number of nitrogens with zero attached hydrogens (tertiary/aromatic N) is 1. The van der Waals surface area contributed by atoms with Crippen molar-refractivity contribution >= 4 is 11.7 Å². The molecule has 7 atom stereocenters. The third-order valence-corrected chi connectivity index (χ3v) is 9.15. The number of carboxylic acids is 1. The molecule has 5 heteroatoms. The van der Waals surface area contributed by atoms with Crippen molar-refractivity contribution in [3.05, 3.63) is 0 Å². The van der Waals surface area contributed by atoms with E-state index in [1.807, 2.05) is 6.92 Å². The number of rotatable bonds is 1. The van der Waals surface area contributed by atoms with E-state index in [0.29, 0.717) is 18.8 Å². The van der Waals surface area contributed by atoms with E-state index in [2.05, 4.69) is 19.0 Å². The summed E-state index contributed by atoms with van der Waals surface area (Å²) < 4.78 is 0. The first-order chi connectivity index (χ1) is 11.6. The van der Waals surface area contributed by atoms with Gasteiger partial charge in [0.05, 0.1) is 17.2 Å². The van der Waals surface area contributed by atoms with Crippen LogP contribution in [0.2, 0.25) is 0 Å². The number of carboxylic acid groups (broad SMARTS) is 1. The Morgan fingerprint density at radius 1 is 1.08 bits per heavy atom. The number of aliphatic carboxylic acids is 1. The van der Waals surface area contributed by atoms with Gasteiger partial charge in [-0.05, 0) is 75.5 Å². The molecular formula is C20H31NO4. The Hall–Kier alpha value is -1.10. The molecule has 1 spiro atoms. The van der Waals surface area contributed by atoms with E-state index in [1.54, 1.807) is 0 Å². The zero-order chi connectivity index (χ0) is 18.3. The van der Waals surface area contributed by atoms with Crippen LogP contribution in [-0.2, 0) is 4.79 Å². The van der Waals surface area contributed by atoms with Crippen molar-refractivity contribution in [1.29, 1.82) is 0 Å². The average molecular weight is 349 g/mol. The van der Waals surface area contributed by atoms with Crippen LogP contribution in [0.15, 0.2) is 5.16 Å². The van der Waals surface area contributed by atoms with Gasteiger partial charge in [-0.25, -0.2) is 0 Å². The summed E-state index contributed by atoms with van der Waals surface area (Å²) in [5.74, 6) is -0.396. The van der Waals surface area contributed by atoms with Gasteiger partial charge in [0, 0.05) is 10.8 Å². The van der Waals surface area contributed by atoms with E-state index in [1.165, 1.54) is 0 Å². The van der Waals surface area contributed by atoms with Crippen molar-refractivity contribution in [2.24, 2.45) is 38.7 Å². The van der Waals surface area contributed by atoms with Gasteiger partial charge in [-0.2, -0.15) is 0 Å². The third kappa shape index (κ3) is 1.93. The third-order valence-electron chi connectivity index (χ3n) is 9.15. The van der Waals surface area contributed by atoms with Gasteiger partial charge in [-0.1, -0.05) is 19.0 Å². The molecule has 4 saturated carbocycles. The molecule has 0 aromatic heterocycles. The fourth-order valence-electron chi connectivity index (χ4n) is 7.85. The molecule has 140 valence electrons. The first-order valence-corrected chi connectivity index (χ1v) is 9.75. The molecule has 2 unspecified atom stereocenters. The fraction of sp³-hybridized carbons (Fsp3) is 0.900. The SMILES string of the molecule is C[C@@]12CCC3[C@@](CCC4[C@@]3(C)[C@@H](O)CC[C@@]4(C)C(=O)O)(C/C1=N\O)C2. The summed E-state index contributed by atoms with van der Waals surface area (Å²) in [7, 11) is 0. The van der Waals surface area contributed by atoms with E-state index < -0.39 is 17.5 Å². The van der Waals surface area contributed by atoms with Gasteiger partial charge in [-0.3, -0.25) is 4.79 Å². The van der Waals surface area contributed by atoms with Gasteiger partial charge < -0.3 is 15.4 Å². The highest BCUT2D eigenvalue weighted by molar-refractivity contribution is 5.92. The van der Waals surface area contributed by atoms with Gasteiger partial charge in [0.25, 0.3) is 0 Å². The number of fused-ring (bicyclic) bond motifs is 3. The molecule has 0 aliphatic heterocycles. The predicted molar refractivity (Wildman–Crippen MR) is 93.5 cm³/mol. The predicted octanol–water partition coefficient (Wildman–Crippen LogP) is 3.68. The number of oxime groups is 1. The lowest BCUT2D eigenvalue weighted by molar-refractivity contribution is -0.213. The highest BCUT2D eigenvalue weighted by Gasteiger charge is 2.69. The molecule has 0 amide bonds. The van der Waals surface area contributed by atoms with Gasteiger partial charge in [-0.15, -0.1) is 0 Å². The zero-order valence-electron chi connectivity index (χ0n) is 15.6. The van der Waals surface area contributed by atoms with E-state index in [4.69, 9.17) is 0 Å². The zero-order valence-corrected chi connectivity index (χ0v) is 15.6. The number of aliphatic hydroxyl groups excluding tert-OH is 1. The molecule has 0 aromatic rings. The highest BCUT2D eigenvalue weighted by Crippen LogP contribution is 2.73. The highest BCUT2D eigenvalue weighted by atomic mass is 16.4. The van der Waals surface area contributed by atoms with Gasteiger partial charge in [0.2, 0.25) is 0 Å². The first kappa shape index (κ1) is 17.3. The van der Waals surface area contributed by atoms with Crippen molar-refractivity contribution < 1.29 is 20.2 Å². The van der Waals surface area contributed by atoms with Crippen LogP contribution in [0.4, 0.5) is 0 Å². The number of hydrogen-bond donors (Lipinski definition) is 3. The van der Waals surface area contributed by atoms with E-state index in [0.717, 1.165) is 44.2 Å². The van der Waals surface area contributed by atoms with Crippen LogP contribution in [-0.4, -0.2) is 33.2 Å². The summed E-state index contributed by atoms with van der Waals surface area (Å²) in [6.45, 7) is 6.26. The maximum atomic E-state index is 12.1. The average Bonchev–Trinajstić information content (AvgIpc) is 2.76. The Kier molecular flexibility index (Phi) is 3.46. The largest absolute Gasteiger partial charge is 0.481 e. The maximum absolute atomic E-state index is 12.1. The van der Waals surface area contributed by atoms with Crippen molar-refractivity contribution in [3.63, 3.8) is 0 Å².